The van der Waals surface area contributed by atoms with Gasteiger partial charge in [-0.2, -0.15) is 0 Å². The molecule has 0 amide bonds. The second-order valence-corrected chi connectivity index (χ2v) is 13.2. The first-order valence-corrected chi connectivity index (χ1v) is 16.0. The van der Waals surface area contributed by atoms with E-state index in [4.69, 9.17) is 21.1 Å². The summed E-state index contributed by atoms with van der Waals surface area (Å²) in [4.78, 5) is 41.5. The molecule has 3 aliphatic heterocycles. The Balaban J connectivity index is 0.000000353. The van der Waals surface area contributed by atoms with Crippen LogP contribution in [0, 0.1) is 17.7 Å². The fraction of sp³-hybridized carbons (Fsp3) is 0.543. The zero-order chi connectivity index (χ0) is 33.0. The summed E-state index contributed by atoms with van der Waals surface area (Å²) in [5, 5.41) is 0. The van der Waals surface area contributed by atoms with Crippen molar-refractivity contribution in [3.63, 3.8) is 0 Å². The monoisotopic (exact) mass is 644 g/mol. The van der Waals surface area contributed by atoms with Gasteiger partial charge in [-0.05, 0) is 94.0 Å². The molecule has 0 saturated carbocycles. The Morgan fingerprint density at radius 2 is 1.78 bits per heavy atom. The van der Waals surface area contributed by atoms with Crippen LogP contribution < -0.4 is 0 Å². The molecule has 8 nitrogen and oxygen atoms in total. The summed E-state index contributed by atoms with van der Waals surface area (Å²) < 4.78 is 28.1. The standard InChI is InChI=1S/C26H29FN2O3.C5H9ClO2.C4H8O/c1-26(2,3)32-24(31)16-29-11-10-20(15-29)23(30)13-17-4-5-19-14-28-25(22(19)12-17)18-6-8-21(27)9-7-18;1-4(2)3-8-5(6)7;1-2-4-5-3-1/h4-9,12,20H,10-11,13-16H2,1-3H3;4H,3H2,1-2H3;1-4H2. The number of carbonyl (C=O) groups is 3. The Labute approximate surface area is 271 Å². The highest BCUT2D eigenvalue weighted by Crippen LogP contribution is 2.26. The summed E-state index contributed by atoms with van der Waals surface area (Å²) in [6, 6.07) is 12.4. The van der Waals surface area contributed by atoms with E-state index in [0.29, 0.717) is 32.0 Å². The Kier molecular flexibility index (Phi) is 14.1. The average molecular weight is 645 g/mol. The van der Waals surface area contributed by atoms with Crippen LogP contribution >= 0.6 is 11.6 Å². The van der Waals surface area contributed by atoms with E-state index in [1.54, 1.807) is 12.1 Å². The first-order chi connectivity index (χ1) is 21.3. The summed E-state index contributed by atoms with van der Waals surface area (Å²) in [7, 11) is 0. The molecule has 5 rings (SSSR count). The third kappa shape index (κ3) is 13.0. The number of nitrogens with zero attached hydrogens (tertiary/aromatic N) is 2. The van der Waals surface area contributed by atoms with Crippen molar-refractivity contribution in [1.82, 2.24) is 4.90 Å². The van der Waals surface area contributed by atoms with Crippen LogP contribution in [0.25, 0.3) is 0 Å². The molecule has 2 saturated heterocycles. The van der Waals surface area contributed by atoms with Crippen molar-refractivity contribution in [1.29, 1.82) is 0 Å². The second kappa shape index (κ2) is 17.5. The fourth-order valence-corrected chi connectivity index (χ4v) is 5.14. The van der Waals surface area contributed by atoms with Gasteiger partial charge in [-0.25, -0.2) is 9.18 Å². The van der Waals surface area contributed by atoms with Gasteiger partial charge in [0, 0.05) is 54.8 Å². The van der Waals surface area contributed by atoms with E-state index < -0.39 is 11.0 Å². The fourth-order valence-electron chi connectivity index (χ4n) is 5.08. The van der Waals surface area contributed by atoms with Crippen molar-refractivity contribution >= 4 is 34.5 Å². The highest BCUT2D eigenvalue weighted by molar-refractivity contribution is 6.61. The molecular weight excluding hydrogens is 599 g/mol. The van der Waals surface area contributed by atoms with Crippen LogP contribution in [0.2, 0.25) is 0 Å². The Hall–Kier alpha value is -3.14. The highest BCUT2D eigenvalue weighted by atomic mass is 35.5. The van der Waals surface area contributed by atoms with Gasteiger partial charge in [-0.3, -0.25) is 19.5 Å². The van der Waals surface area contributed by atoms with Gasteiger partial charge >= 0.3 is 11.4 Å². The SMILES string of the molecule is C1CCOC1.CC(C)(C)OC(=O)CN1CCC(C(=O)Cc2ccc3c(c2)C(c2ccc(F)cc2)=NC3)C1.CC(C)COC(=O)Cl. The number of hydrogen-bond acceptors (Lipinski definition) is 8. The molecule has 45 heavy (non-hydrogen) atoms. The quantitative estimate of drug-likeness (QED) is 0.231. The molecule has 0 spiro atoms. The number of fused-ring (bicyclic) bond motifs is 1. The van der Waals surface area contributed by atoms with Gasteiger partial charge in [0.05, 0.1) is 25.4 Å². The summed E-state index contributed by atoms with van der Waals surface area (Å²) in [6.07, 6.45) is 3.67. The molecule has 2 aromatic carbocycles. The topological polar surface area (TPSA) is 94.5 Å². The summed E-state index contributed by atoms with van der Waals surface area (Å²) in [6.45, 7) is 14.0. The van der Waals surface area contributed by atoms with E-state index in [1.165, 1.54) is 25.0 Å². The van der Waals surface area contributed by atoms with E-state index >= 15 is 0 Å². The Bertz CT molecular complexity index is 1310. The molecule has 0 radical (unpaired) electrons. The molecule has 3 aliphatic rings. The Morgan fingerprint density at radius 1 is 1.09 bits per heavy atom. The minimum Gasteiger partial charge on any atom is -0.459 e. The lowest BCUT2D eigenvalue weighted by Crippen LogP contribution is -2.34. The molecule has 2 aromatic rings. The number of Topliss-reactive ketones (excluding diaryl/α,β-unsaturated/α-hetero) is 1. The predicted molar refractivity (Wildman–Crippen MR) is 173 cm³/mol. The van der Waals surface area contributed by atoms with Gasteiger partial charge in [0.15, 0.2) is 0 Å². The molecular formula is C35H46ClFN2O6. The van der Waals surface area contributed by atoms with Crippen LogP contribution in [0.15, 0.2) is 47.5 Å². The largest absolute Gasteiger partial charge is 0.459 e. The van der Waals surface area contributed by atoms with E-state index in [2.05, 4.69) is 9.73 Å². The number of esters is 1. The number of ether oxygens (including phenoxy) is 3. The molecule has 0 bridgehead atoms. The van der Waals surface area contributed by atoms with Crippen LogP contribution in [0.3, 0.4) is 0 Å². The number of likely N-dealkylation sites (tertiary alicyclic amines) is 1. The number of benzene rings is 2. The van der Waals surface area contributed by atoms with Gasteiger partial charge in [-0.1, -0.05) is 26.0 Å². The minimum absolute atomic E-state index is 0.0732. The van der Waals surface area contributed by atoms with Crippen LogP contribution in [0.1, 0.15) is 76.1 Å². The lowest BCUT2D eigenvalue weighted by atomic mass is 9.93. The van der Waals surface area contributed by atoms with Crippen LogP contribution in [0.5, 0.6) is 0 Å². The van der Waals surface area contributed by atoms with Crippen molar-refractivity contribution < 1.29 is 33.0 Å². The van der Waals surface area contributed by atoms with Gasteiger partial charge in [0.25, 0.3) is 0 Å². The molecule has 1 unspecified atom stereocenters. The van der Waals surface area contributed by atoms with Crippen LogP contribution in [-0.2, 0) is 36.8 Å². The number of aliphatic imine (C=N–C) groups is 1. The molecule has 0 aliphatic carbocycles. The normalized spacial score (nSPS) is 17.4. The number of ketones is 1. The van der Waals surface area contributed by atoms with Crippen molar-refractivity contribution in [2.24, 2.45) is 16.8 Å². The van der Waals surface area contributed by atoms with Crippen molar-refractivity contribution in [3.05, 3.63) is 70.5 Å². The van der Waals surface area contributed by atoms with Gasteiger partial charge in [-0.15, -0.1) is 0 Å². The number of hydrogen-bond donors (Lipinski definition) is 0. The van der Waals surface area contributed by atoms with Crippen LogP contribution in [-0.4, -0.2) is 72.8 Å². The number of rotatable bonds is 8. The lowest BCUT2D eigenvalue weighted by molar-refractivity contribution is -0.156. The zero-order valence-corrected chi connectivity index (χ0v) is 27.8. The van der Waals surface area contributed by atoms with Crippen molar-refractivity contribution in [2.45, 2.75) is 72.4 Å². The maximum atomic E-state index is 13.3. The smallest absolute Gasteiger partial charge is 0.403 e. The highest BCUT2D eigenvalue weighted by Gasteiger charge is 2.30. The maximum Gasteiger partial charge on any atom is 0.403 e. The Morgan fingerprint density at radius 3 is 2.33 bits per heavy atom. The summed E-state index contributed by atoms with van der Waals surface area (Å²) in [5.41, 5.74) is 3.58. The average Bonchev–Trinajstić information content (AvgIpc) is 3.75. The molecule has 10 heteroatoms. The molecule has 1 atom stereocenters. The van der Waals surface area contributed by atoms with Gasteiger partial charge in [0.2, 0.25) is 0 Å². The van der Waals surface area contributed by atoms with E-state index in [0.717, 1.165) is 54.1 Å². The van der Waals surface area contributed by atoms with E-state index in [-0.39, 0.29) is 30.0 Å². The summed E-state index contributed by atoms with van der Waals surface area (Å²) >= 11 is 4.86. The zero-order valence-electron chi connectivity index (χ0n) is 27.1. The summed E-state index contributed by atoms with van der Waals surface area (Å²) in [5.74, 6) is -0.0513. The van der Waals surface area contributed by atoms with Crippen LogP contribution in [0.4, 0.5) is 9.18 Å². The first-order valence-electron chi connectivity index (χ1n) is 15.6. The van der Waals surface area contributed by atoms with E-state index in [1.807, 2.05) is 57.7 Å². The predicted octanol–water partition coefficient (Wildman–Crippen LogP) is 6.77. The van der Waals surface area contributed by atoms with Crippen molar-refractivity contribution in [2.75, 3.05) is 39.5 Å². The number of halogens is 2. The molecule has 246 valence electrons. The molecule has 3 heterocycles. The van der Waals surface area contributed by atoms with Gasteiger partial charge in [0.1, 0.15) is 17.2 Å². The van der Waals surface area contributed by atoms with Gasteiger partial charge < -0.3 is 14.2 Å². The molecule has 2 fully saturated rings. The molecule has 0 N–H and O–H groups in total. The minimum atomic E-state index is -0.723. The molecule has 0 aromatic heterocycles. The van der Waals surface area contributed by atoms with Crippen molar-refractivity contribution in [3.8, 4) is 0 Å². The first kappa shape index (κ1) is 36.3. The third-order valence-corrected chi connectivity index (χ3v) is 7.30. The van der Waals surface area contributed by atoms with E-state index in [9.17, 15) is 18.8 Å². The number of carbonyl (C=O) groups excluding carboxylic acids is 3. The third-order valence-electron chi connectivity index (χ3n) is 7.19. The maximum absolute atomic E-state index is 13.3. The second-order valence-electron chi connectivity index (χ2n) is 12.9. The lowest BCUT2D eigenvalue weighted by Gasteiger charge is -2.22.